The highest BCUT2D eigenvalue weighted by atomic mass is 16.5. The fraction of sp³-hybridized carbons (Fsp3) is 0.773. The van der Waals surface area contributed by atoms with Gasteiger partial charge in [0.15, 0.2) is 0 Å². The molecule has 4 aliphatic rings. The third kappa shape index (κ3) is 3.99. The van der Waals surface area contributed by atoms with Gasteiger partial charge in [-0.2, -0.15) is 0 Å². The first kappa shape index (κ1) is 19.2. The van der Waals surface area contributed by atoms with Crippen LogP contribution in [0.1, 0.15) is 43.7 Å². The molecule has 4 heterocycles. The highest BCUT2D eigenvalue weighted by Gasteiger charge is 2.55. The second kappa shape index (κ2) is 7.84. The van der Waals surface area contributed by atoms with E-state index in [4.69, 9.17) is 9.72 Å². The first-order valence-electron chi connectivity index (χ1n) is 11.2. The number of nitrogens with zero attached hydrogens (tertiary/aromatic N) is 5. The molecule has 0 aromatic carbocycles. The van der Waals surface area contributed by atoms with E-state index in [1.807, 2.05) is 6.20 Å². The second-order valence-corrected chi connectivity index (χ2v) is 9.58. The summed E-state index contributed by atoms with van der Waals surface area (Å²) in [4.78, 5) is 28.8. The Morgan fingerprint density at radius 1 is 1.24 bits per heavy atom. The lowest BCUT2D eigenvalue weighted by atomic mass is 9.70. The molecule has 158 valence electrons. The number of amides is 1. The van der Waals surface area contributed by atoms with E-state index in [-0.39, 0.29) is 5.41 Å². The molecule has 1 aromatic heterocycles. The molecule has 7 nitrogen and oxygen atoms in total. The van der Waals surface area contributed by atoms with Crippen molar-refractivity contribution in [3.63, 3.8) is 0 Å². The molecule has 7 heteroatoms. The van der Waals surface area contributed by atoms with Gasteiger partial charge in [-0.25, -0.2) is 9.97 Å². The number of aromatic nitrogens is 2. The Morgan fingerprint density at radius 3 is 2.79 bits per heavy atom. The summed E-state index contributed by atoms with van der Waals surface area (Å²) in [5.41, 5.74) is 1.28. The third-order valence-electron chi connectivity index (χ3n) is 7.20. The molecule has 3 saturated heterocycles. The fourth-order valence-corrected chi connectivity index (χ4v) is 5.41. The van der Waals surface area contributed by atoms with Gasteiger partial charge in [0.2, 0.25) is 11.9 Å². The highest BCUT2D eigenvalue weighted by molar-refractivity contribution is 5.77. The van der Waals surface area contributed by atoms with E-state index in [0.29, 0.717) is 11.8 Å². The van der Waals surface area contributed by atoms with Crippen LogP contribution >= 0.6 is 0 Å². The zero-order valence-electron chi connectivity index (χ0n) is 17.6. The Bertz CT molecular complexity index is 740. The van der Waals surface area contributed by atoms with Gasteiger partial charge in [-0.05, 0) is 31.9 Å². The lowest BCUT2D eigenvalue weighted by molar-refractivity contribution is -0.143. The Balaban J connectivity index is 1.24. The largest absolute Gasteiger partial charge is 0.378 e. The smallest absolute Gasteiger partial charge is 0.225 e. The lowest BCUT2D eigenvalue weighted by Gasteiger charge is -2.51. The molecule has 1 atom stereocenters. The van der Waals surface area contributed by atoms with Gasteiger partial charge >= 0.3 is 0 Å². The van der Waals surface area contributed by atoms with E-state index in [1.54, 1.807) is 0 Å². The van der Waals surface area contributed by atoms with Crippen LogP contribution in [0.15, 0.2) is 12.3 Å². The van der Waals surface area contributed by atoms with Crippen molar-refractivity contribution >= 4 is 11.9 Å². The standard InChI is InChI=1S/C22H33N5O2/c1-25-13-18(19-7-8-23-21(24-19)26-9-11-29-12-10-26)22(14-25)15-27(16-22)20(28)4-2-3-17-5-6-17/h7-8,17-18H,2-6,9-16H2,1H3. The molecule has 4 fully saturated rings. The maximum atomic E-state index is 12.6. The number of carbonyl (C=O) groups is 1. The normalized spacial score (nSPS) is 26.7. The summed E-state index contributed by atoms with van der Waals surface area (Å²) in [6.07, 6.45) is 7.67. The molecule has 29 heavy (non-hydrogen) atoms. The van der Waals surface area contributed by atoms with Crippen LogP contribution in [0.3, 0.4) is 0 Å². The van der Waals surface area contributed by atoms with Crippen molar-refractivity contribution in [1.82, 2.24) is 19.8 Å². The van der Waals surface area contributed by atoms with Gasteiger partial charge in [0.25, 0.3) is 0 Å². The van der Waals surface area contributed by atoms with Crippen molar-refractivity contribution in [3.05, 3.63) is 18.0 Å². The molecular weight excluding hydrogens is 366 g/mol. The molecule has 1 saturated carbocycles. The molecule has 0 radical (unpaired) electrons. The Labute approximate surface area is 173 Å². The van der Waals surface area contributed by atoms with Gasteiger partial charge < -0.3 is 19.4 Å². The third-order valence-corrected chi connectivity index (χ3v) is 7.20. The predicted molar refractivity (Wildman–Crippen MR) is 111 cm³/mol. The van der Waals surface area contributed by atoms with Crippen LogP contribution in [0.2, 0.25) is 0 Å². The lowest BCUT2D eigenvalue weighted by Crippen LogP contribution is -2.61. The summed E-state index contributed by atoms with van der Waals surface area (Å²) < 4.78 is 5.46. The Morgan fingerprint density at radius 2 is 2.03 bits per heavy atom. The van der Waals surface area contributed by atoms with Gasteiger partial charge in [-0.3, -0.25) is 4.79 Å². The summed E-state index contributed by atoms with van der Waals surface area (Å²) in [7, 11) is 2.19. The summed E-state index contributed by atoms with van der Waals surface area (Å²) in [5.74, 6) is 2.45. The molecule has 1 unspecified atom stereocenters. The molecule has 3 aliphatic heterocycles. The average Bonchev–Trinajstić information content (AvgIpc) is 3.47. The minimum absolute atomic E-state index is 0.150. The van der Waals surface area contributed by atoms with Crippen LogP contribution in [0.5, 0.6) is 0 Å². The maximum absolute atomic E-state index is 12.6. The summed E-state index contributed by atoms with van der Waals surface area (Å²) in [6.45, 7) is 6.97. The zero-order chi connectivity index (χ0) is 19.8. The summed E-state index contributed by atoms with van der Waals surface area (Å²) in [6, 6.07) is 2.08. The van der Waals surface area contributed by atoms with E-state index in [2.05, 4.69) is 32.8 Å². The SMILES string of the molecule is CN1CC(c2ccnc(N3CCOCC3)n2)C2(C1)CN(C(=O)CCCC1CC1)C2. The van der Waals surface area contributed by atoms with Crippen LogP contribution in [0, 0.1) is 11.3 Å². The van der Waals surface area contributed by atoms with Crippen LogP contribution in [0.4, 0.5) is 5.95 Å². The van der Waals surface area contributed by atoms with Crippen LogP contribution in [-0.2, 0) is 9.53 Å². The van der Waals surface area contributed by atoms with Crippen LogP contribution in [0.25, 0.3) is 0 Å². The van der Waals surface area contributed by atoms with Gasteiger partial charge in [-0.15, -0.1) is 0 Å². The maximum Gasteiger partial charge on any atom is 0.225 e. The number of morpholine rings is 1. The molecular formula is C22H33N5O2. The fourth-order valence-electron chi connectivity index (χ4n) is 5.41. The van der Waals surface area contributed by atoms with E-state index in [9.17, 15) is 4.79 Å². The van der Waals surface area contributed by atoms with Gasteiger partial charge in [0.1, 0.15) is 0 Å². The molecule has 1 spiro atoms. The summed E-state index contributed by atoms with van der Waals surface area (Å²) in [5, 5.41) is 0. The Hall–Kier alpha value is -1.73. The molecule has 5 rings (SSSR count). The zero-order valence-corrected chi connectivity index (χ0v) is 17.6. The molecule has 1 aromatic rings. The molecule has 0 bridgehead atoms. The van der Waals surface area contributed by atoms with Crippen LogP contribution < -0.4 is 4.90 Å². The molecule has 0 N–H and O–H groups in total. The van der Waals surface area contributed by atoms with Crippen LogP contribution in [-0.4, -0.2) is 85.2 Å². The first-order chi connectivity index (χ1) is 14.1. The van der Waals surface area contributed by atoms with Crippen molar-refractivity contribution in [2.45, 2.75) is 38.0 Å². The van der Waals surface area contributed by atoms with Gasteiger partial charge in [0.05, 0.1) is 18.9 Å². The molecule has 1 aliphatic carbocycles. The van der Waals surface area contributed by atoms with E-state index < -0.39 is 0 Å². The van der Waals surface area contributed by atoms with Crippen molar-refractivity contribution in [2.75, 3.05) is 64.4 Å². The number of likely N-dealkylation sites (N-methyl/N-ethyl adjacent to an activating group) is 1. The average molecular weight is 400 g/mol. The van der Waals surface area contributed by atoms with E-state index >= 15 is 0 Å². The minimum Gasteiger partial charge on any atom is -0.378 e. The number of hydrogen-bond acceptors (Lipinski definition) is 6. The van der Waals surface area contributed by atoms with Crippen molar-refractivity contribution in [1.29, 1.82) is 0 Å². The first-order valence-corrected chi connectivity index (χ1v) is 11.2. The minimum atomic E-state index is 0.150. The predicted octanol–water partition coefficient (Wildman–Crippen LogP) is 1.75. The van der Waals surface area contributed by atoms with Crippen molar-refractivity contribution in [3.8, 4) is 0 Å². The van der Waals surface area contributed by atoms with E-state index in [0.717, 1.165) is 82.9 Å². The van der Waals surface area contributed by atoms with Gasteiger partial charge in [-0.1, -0.05) is 12.8 Å². The highest BCUT2D eigenvalue weighted by Crippen LogP contribution is 2.48. The van der Waals surface area contributed by atoms with Crippen molar-refractivity contribution in [2.24, 2.45) is 11.3 Å². The van der Waals surface area contributed by atoms with Crippen molar-refractivity contribution < 1.29 is 9.53 Å². The monoisotopic (exact) mass is 399 g/mol. The summed E-state index contributed by atoms with van der Waals surface area (Å²) >= 11 is 0. The van der Waals surface area contributed by atoms with E-state index in [1.165, 1.54) is 19.3 Å². The second-order valence-electron chi connectivity index (χ2n) is 9.58. The Kier molecular flexibility index (Phi) is 5.20. The number of ether oxygens (including phenoxy) is 1. The molecule has 1 amide bonds. The number of likely N-dealkylation sites (tertiary alicyclic amines) is 2. The quantitative estimate of drug-likeness (QED) is 0.726. The van der Waals surface area contributed by atoms with Gasteiger partial charge in [0, 0.05) is 63.2 Å². The number of hydrogen-bond donors (Lipinski definition) is 0. The number of carbonyl (C=O) groups excluding carboxylic acids is 1. The number of rotatable bonds is 6. The topological polar surface area (TPSA) is 61.8 Å². The number of anilines is 1.